The third kappa shape index (κ3) is 7.15. The van der Waals surface area contributed by atoms with Gasteiger partial charge in [0, 0.05) is 11.5 Å². The molecule has 74 valence electrons. The van der Waals surface area contributed by atoms with E-state index in [4.69, 9.17) is 10.6 Å². The van der Waals surface area contributed by atoms with Crippen LogP contribution in [-0.4, -0.2) is 17.6 Å². The van der Waals surface area contributed by atoms with Gasteiger partial charge >= 0.3 is 5.97 Å². The summed E-state index contributed by atoms with van der Waals surface area (Å²) in [6.45, 7) is 2.22. The van der Waals surface area contributed by atoms with E-state index in [1.807, 2.05) is 0 Å². The number of rotatable bonds is 7. The molecule has 0 rings (SSSR count). The average molecular weight is 185 g/mol. The van der Waals surface area contributed by atoms with Gasteiger partial charge in [-0.3, -0.25) is 4.79 Å². The highest BCUT2D eigenvalue weighted by Crippen LogP contribution is 2.09. The Morgan fingerprint density at radius 3 is 2.77 bits per heavy atom. The molecule has 0 radical (unpaired) electrons. The first-order valence-corrected chi connectivity index (χ1v) is 4.42. The molecule has 0 aliphatic rings. The summed E-state index contributed by atoms with van der Waals surface area (Å²) in [4.78, 5) is 13.0. The summed E-state index contributed by atoms with van der Waals surface area (Å²) in [6, 6.07) is 0. The second-order valence-electron chi connectivity index (χ2n) is 3.04. The SMILES string of the molecule is C[C@@H](CCCCCN=[N+]=[N-])C(=O)O. The molecule has 0 amide bonds. The number of azide groups is 1. The number of hydrogen-bond acceptors (Lipinski definition) is 2. The fourth-order valence-electron chi connectivity index (χ4n) is 0.978. The molecule has 0 heterocycles. The fourth-order valence-corrected chi connectivity index (χ4v) is 0.978. The van der Waals surface area contributed by atoms with Crippen LogP contribution in [0.2, 0.25) is 0 Å². The first kappa shape index (κ1) is 11.8. The second-order valence-corrected chi connectivity index (χ2v) is 3.04. The molecule has 0 spiro atoms. The van der Waals surface area contributed by atoms with Crippen molar-refractivity contribution in [3.63, 3.8) is 0 Å². The monoisotopic (exact) mass is 185 g/mol. The summed E-state index contributed by atoms with van der Waals surface area (Å²) >= 11 is 0. The van der Waals surface area contributed by atoms with Gasteiger partial charge < -0.3 is 5.11 Å². The fraction of sp³-hybridized carbons (Fsp3) is 0.875. The molecule has 5 heteroatoms. The van der Waals surface area contributed by atoms with E-state index in [1.165, 1.54) is 0 Å². The Morgan fingerprint density at radius 2 is 2.23 bits per heavy atom. The van der Waals surface area contributed by atoms with Crippen molar-refractivity contribution in [2.75, 3.05) is 6.54 Å². The zero-order valence-electron chi connectivity index (χ0n) is 7.81. The molecule has 0 saturated carbocycles. The van der Waals surface area contributed by atoms with Crippen LogP contribution < -0.4 is 0 Å². The predicted molar refractivity (Wildman–Crippen MR) is 49.3 cm³/mol. The number of carbonyl (C=O) groups is 1. The van der Waals surface area contributed by atoms with Gasteiger partial charge in [0.25, 0.3) is 0 Å². The number of carboxylic acid groups (broad SMARTS) is 1. The third-order valence-corrected chi connectivity index (χ3v) is 1.88. The summed E-state index contributed by atoms with van der Waals surface area (Å²) in [7, 11) is 0. The van der Waals surface area contributed by atoms with Gasteiger partial charge in [-0.1, -0.05) is 24.9 Å². The highest BCUT2D eigenvalue weighted by molar-refractivity contribution is 5.69. The lowest BCUT2D eigenvalue weighted by Gasteiger charge is -2.04. The van der Waals surface area contributed by atoms with Gasteiger partial charge in [0.1, 0.15) is 0 Å². The maximum Gasteiger partial charge on any atom is 0.306 e. The van der Waals surface area contributed by atoms with Gasteiger partial charge in [0.2, 0.25) is 0 Å². The van der Waals surface area contributed by atoms with Crippen molar-refractivity contribution in [1.82, 2.24) is 0 Å². The molecule has 5 nitrogen and oxygen atoms in total. The van der Waals surface area contributed by atoms with Gasteiger partial charge in [-0.2, -0.15) is 0 Å². The maximum absolute atomic E-state index is 10.4. The molecular weight excluding hydrogens is 170 g/mol. The van der Waals surface area contributed by atoms with E-state index in [0.29, 0.717) is 13.0 Å². The molecule has 0 aromatic rings. The molecule has 0 unspecified atom stereocenters. The molecule has 1 N–H and O–H groups in total. The Kier molecular flexibility index (Phi) is 6.73. The van der Waals surface area contributed by atoms with E-state index in [9.17, 15) is 4.79 Å². The van der Waals surface area contributed by atoms with Crippen LogP contribution in [0.3, 0.4) is 0 Å². The van der Waals surface area contributed by atoms with Crippen LogP contribution in [0.5, 0.6) is 0 Å². The quantitative estimate of drug-likeness (QED) is 0.286. The highest BCUT2D eigenvalue weighted by atomic mass is 16.4. The van der Waals surface area contributed by atoms with Crippen molar-refractivity contribution in [3.05, 3.63) is 10.4 Å². The van der Waals surface area contributed by atoms with E-state index in [0.717, 1.165) is 19.3 Å². The zero-order chi connectivity index (χ0) is 10.1. The molecule has 0 fully saturated rings. The predicted octanol–water partition coefficient (Wildman–Crippen LogP) is 2.58. The van der Waals surface area contributed by atoms with Crippen LogP contribution >= 0.6 is 0 Å². The van der Waals surface area contributed by atoms with E-state index in [1.54, 1.807) is 6.92 Å². The molecule has 13 heavy (non-hydrogen) atoms. The van der Waals surface area contributed by atoms with Gasteiger partial charge in [0.05, 0.1) is 5.92 Å². The minimum Gasteiger partial charge on any atom is -0.481 e. The molecule has 0 aromatic heterocycles. The smallest absolute Gasteiger partial charge is 0.306 e. The minimum absolute atomic E-state index is 0.264. The standard InChI is InChI=1S/C8H15N3O2/c1-7(8(12)13)5-3-2-4-6-10-11-9/h7H,2-6H2,1H3,(H,12,13)/t7-/m0/s1. The Morgan fingerprint density at radius 1 is 1.54 bits per heavy atom. The van der Waals surface area contributed by atoms with Crippen LogP contribution in [0.15, 0.2) is 5.11 Å². The highest BCUT2D eigenvalue weighted by Gasteiger charge is 2.08. The second kappa shape index (κ2) is 7.43. The summed E-state index contributed by atoms with van der Waals surface area (Å²) in [5, 5.41) is 11.9. The Balaban J connectivity index is 3.25. The number of hydrogen-bond donors (Lipinski definition) is 1. The topological polar surface area (TPSA) is 86.1 Å². The lowest BCUT2D eigenvalue weighted by molar-refractivity contribution is -0.141. The third-order valence-electron chi connectivity index (χ3n) is 1.88. The number of nitrogens with zero attached hydrogens (tertiary/aromatic N) is 3. The zero-order valence-corrected chi connectivity index (χ0v) is 7.81. The molecule has 0 aliphatic carbocycles. The Bertz CT molecular complexity index is 200. The van der Waals surface area contributed by atoms with Crippen molar-refractivity contribution in [2.24, 2.45) is 11.0 Å². The van der Waals surface area contributed by atoms with Crippen LogP contribution in [0.25, 0.3) is 10.4 Å². The Hall–Kier alpha value is -1.22. The summed E-state index contributed by atoms with van der Waals surface area (Å²) in [5.74, 6) is -1.01. The van der Waals surface area contributed by atoms with Crippen molar-refractivity contribution in [1.29, 1.82) is 0 Å². The lowest BCUT2D eigenvalue weighted by Crippen LogP contribution is -2.08. The van der Waals surface area contributed by atoms with Gasteiger partial charge in [-0.25, -0.2) is 0 Å². The molecule has 1 atom stereocenters. The normalized spacial score (nSPS) is 11.8. The van der Waals surface area contributed by atoms with Crippen molar-refractivity contribution in [2.45, 2.75) is 32.6 Å². The first-order chi connectivity index (χ1) is 6.18. The van der Waals surface area contributed by atoms with E-state index < -0.39 is 5.97 Å². The van der Waals surface area contributed by atoms with Crippen LogP contribution in [0.4, 0.5) is 0 Å². The number of carboxylic acids is 1. The van der Waals surface area contributed by atoms with Gasteiger partial charge in [0.15, 0.2) is 0 Å². The molecule has 0 aliphatic heterocycles. The van der Waals surface area contributed by atoms with E-state index in [2.05, 4.69) is 10.0 Å². The summed E-state index contributed by atoms with van der Waals surface area (Å²) in [5.41, 5.74) is 7.96. The molecule has 0 saturated heterocycles. The van der Waals surface area contributed by atoms with Gasteiger partial charge in [-0.15, -0.1) is 0 Å². The van der Waals surface area contributed by atoms with Crippen LogP contribution in [0.1, 0.15) is 32.6 Å². The lowest BCUT2D eigenvalue weighted by atomic mass is 10.0. The van der Waals surface area contributed by atoms with Crippen LogP contribution in [0, 0.1) is 5.92 Å². The minimum atomic E-state index is -0.741. The van der Waals surface area contributed by atoms with E-state index in [-0.39, 0.29) is 5.92 Å². The van der Waals surface area contributed by atoms with E-state index >= 15 is 0 Å². The maximum atomic E-state index is 10.4. The Labute approximate surface area is 77.4 Å². The molecule has 0 aromatic carbocycles. The van der Waals surface area contributed by atoms with Gasteiger partial charge in [-0.05, 0) is 18.4 Å². The first-order valence-electron chi connectivity index (χ1n) is 4.42. The average Bonchev–Trinajstić information content (AvgIpc) is 2.10. The van der Waals surface area contributed by atoms with Crippen molar-refractivity contribution < 1.29 is 9.90 Å². The van der Waals surface area contributed by atoms with Crippen molar-refractivity contribution in [3.8, 4) is 0 Å². The summed E-state index contributed by atoms with van der Waals surface area (Å²) in [6.07, 6.45) is 3.35. The van der Waals surface area contributed by atoms with Crippen LogP contribution in [-0.2, 0) is 4.79 Å². The van der Waals surface area contributed by atoms with Crippen molar-refractivity contribution >= 4 is 5.97 Å². The largest absolute Gasteiger partial charge is 0.481 e. The molecular formula is C8H15N3O2. The summed E-state index contributed by atoms with van der Waals surface area (Å²) < 4.78 is 0. The molecule has 0 bridgehead atoms. The number of unbranched alkanes of at least 4 members (excludes halogenated alkanes) is 2. The number of aliphatic carboxylic acids is 1.